The highest BCUT2D eigenvalue weighted by atomic mass is 127. The average molecular weight is 534 g/mol. The molecule has 3 aromatic rings. The van der Waals surface area contributed by atoms with Crippen LogP contribution in [0.25, 0.3) is 0 Å². The van der Waals surface area contributed by atoms with Crippen molar-refractivity contribution in [3.8, 4) is 11.5 Å². The number of methoxy groups -OCH3 is 2. The highest BCUT2D eigenvalue weighted by Gasteiger charge is 2.04. The zero-order valence-corrected chi connectivity index (χ0v) is 19.9. The summed E-state index contributed by atoms with van der Waals surface area (Å²) in [6, 6.07) is 18.8. The molecule has 0 spiro atoms. The molecule has 0 unspecified atom stereocenters. The van der Waals surface area contributed by atoms with E-state index in [2.05, 4.69) is 10.3 Å². The van der Waals surface area contributed by atoms with Gasteiger partial charge in [-0.1, -0.05) is 36.4 Å². The van der Waals surface area contributed by atoms with Crippen molar-refractivity contribution in [2.24, 2.45) is 10.7 Å². The summed E-state index contributed by atoms with van der Waals surface area (Å²) in [4.78, 5) is 16.2. The van der Waals surface area contributed by atoms with Gasteiger partial charge in [-0.2, -0.15) is 0 Å². The first-order valence-electron chi connectivity index (χ1n) is 9.57. The molecule has 8 heteroatoms. The van der Waals surface area contributed by atoms with Gasteiger partial charge in [0.15, 0.2) is 17.5 Å². The second kappa shape index (κ2) is 12.0. The van der Waals surface area contributed by atoms with Gasteiger partial charge in [0.1, 0.15) is 0 Å². The standard InChI is InChI=1S/C23H26N4O3.HI/c1-29-20-11-10-19(13-21(20)30-2)15-26-23(24)25-14-17-6-8-18(9-7-17)16-27-12-4-3-5-22(27)28;/h3-13H,14-16H2,1-2H3,(H3,24,25,26);1H. The first kappa shape index (κ1) is 24.3. The topological polar surface area (TPSA) is 90.9 Å². The van der Waals surface area contributed by atoms with E-state index >= 15 is 0 Å². The summed E-state index contributed by atoms with van der Waals surface area (Å²) in [5, 5.41) is 3.12. The molecule has 3 N–H and O–H groups in total. The van der Waals surface area contributed by atoms with Crippen LogP contribution in [0.4, 0.5) is 0 Å². The van der Waals surface area contributed by atoms with E-state index in [0.29, 0.717) is 37.1 Å². The molecule has 1 heterocycles. The van der Waals surface area contributed by atoms with Gasteiger partial charge in [0, 0.05) is 18.8 Å². The van der Waals surface area contributed by atoms with Crippen LogP contribution in [0.2, 0.25) is 0 Å². The molecule has 0 saturated carbocycles. The lowest BCUT2D eigenvalue weighted by Gasteiger charge is -2.10. The molecule has 0 fully saturated rings. The average Bonchev–Trinajstić information content (AvgIpc) is 2.78. The van der Waals surface area contributed by atoms with Crippen LogP contribution in [0.15, 0.2) is 76.6 Å². The normalized spacial score (nSPS) is 10.8. The molecule has 0 amide bonds. The van der Waals surface area contributed by atoms with Crippen molar-refractivity contribution in [1.82, 2.24) is 9.88 Å². The fourth-order valence-electron chi connectivity index (χ4n) is 2.95. The number of ether oxygens (including phenoxy) is 2. The Kier molecular flexibility index (Phi) is 9.39. The van der Waals surface area contributed by atoms with E-state index < -0.39 is 0 Å². The van der Waals surface area contributed by atoms with Gasteiger partial charge in [-0.15, -0.1) is 24.0 Å². The fraction of sp³-hybridized carbons (Fsp3) is 0.217. The molecule has 1 aromatic heterocycles. The summed E-state index contributed by atoms with van der Waals surface area (Å²) >= 11 is 0. The first-order chi connectivity index (χ1) is 14.6. The molecule has 164 valence electrons. The van der Waals surface area contributed by atoms with E-state index in [0.717, 1.165) is 16.7 Å². The zero-order valence-electron chi connectivity index (χ0n) is 17.6. The lowest BCUT2D eigenvalue weighted by Crippen LogP contribution is -2.31. The maximum absolute atomic E-state index is 11.8. The number of aromatic nitrogens is 1. The lowest BCUT2D eigenvalue weighted by molar-refractivity contribution is 0.354. The van der Waals surface area contributed by atoms with Crippen LogP contribution in [0.3, 0.4) is 0 Å². The van der Waals surface area contributed by atoms with Crippen molar-refractivity contribution >= 4 is 29.9 Å². The van der Waals surface area contributed by atoms with E-state index in [9.17, 15) is 4.79 Å². The van der Waals surface area contributed by atoms with Crippen molar-refractivity contribution < 1.29 is 9.47 Å². The number of rotatable bonds is 8. The van der Waals surface area contributed by atoms with Crippen LogP contribution in [0.1, 0.15) is 16.7 Å². The van der Waals surface area contributed by atoms with Crippen molar-refractivity contribution in [2.75, 3.05) is 14.2 Å². The second-order valence-electron chi connectivity index (χ2n) is 6.73. The number of pyridine rings is 1. The van der Waals surface area contributed by atoms with Crippen LogP contribution in [0.5, 0.6) is 11.5 Å². The quantitative estimate of drug-likeness (QED) is 0.263. The minimum absolute atomic E-state index is 0. The summed E-state index contributed by atoms with van der Waals surface area (Å²) in [6.45, 7) is 1.54. The Hall–Kier alpha value is -3.01. The van der Waals surface area contributed by atoms with Crippen LogP contribution < -0.4 is 26.1 Å². The number of nitrogens with one attached hydrogen (secondary N) is 1. The molecule has 2 aromatic carbocycles. The van der Waals surface area contributed by atoms with Crippen molar-refractivity contribution in [1.29, 1.82) is 0 Å². The van der Waals surface area contributed by atoms with Crippen LogP contribution in [-0.2, 0) is 19.6 Å². The van der Waals surface area contributed by atoms with Crippen LogP contribution in [0, 0.1) is 0 Å². The van der Waals surface area contributed by atoms with E-state index in [-0.39, 0.29) is 29.5 Å². The Bertz CT molecular complexity index is 1060. The number of nitrogens with zero attached hydrogens (tertiary/aromatic N) is 2. The smallest absolute Gasteiger partial charge is 0.250 e. The number of guanidine groups is 1. The first-order valence-corrected chi connectivity index (χ1v) is 9.57. The van der Waals surface area contributed by atoms with Crippen molar-refractivity contribution in [2.45, 2.75) is 19.6 Å². The minimum atomic E-state index is -0.0123. The van der Waals surface area contributed by atoms with Gasteiger partial charge in [-0.05, 0) is 34.9 Å². The number of benzene rings is 2. The van der Waals surface area contributed by atoms with Gasteiger partial charge < -0.3 is 25.1 Å². The number of hydrogen-bond donors (Lipinski definition) is 2. The number of halogens is 1. The third-order valence-corrected chi connectivity index (χ3v) is 4.63. The Balaban J connectivity index is 0.00000341. The summed E-state index contributed by atoms with van der Waals surface area (Å²) in [6.07, 6.45) is 1.79. The predicted octanol–water partition coefficient (Wildman–Crippen LogP) is 3.14. The largest absolute Gasteiger partial charge is 0.493 e. The fourth-order valence-corrected chi connectivity index (χ4v) is 2.95. The maximum Gasteiger partial charge on any atom is 0.250 e. The van der Waals surface area contributed by atoms with E-state index in [1.807, 2.05) is 48.5 Å². The molecule has 0 bridgehead atoms. The third kappa shape index (κ3) is 7.02. The summed E-state index contributed by atoms with van der Waals surface area (Å²) < 4.78 is 12.2. The van der Waals surface area contributed by atoms with E-state index in [4.69, 9.17) is 15.2 Å². The van der Waals surface area contributed by atoms with Gasteiger partial charge in [-0.25, -0.2) is 4.99 Å². The van der Waals surface area contributed by atoms with Gasteiger partial charge in [0.05, 0.1) is 27.3 Å². The molecule has 0 aliphatic rings. The molecule has 7 nitrogen and oxygen atoms in total. The Labute approximate surface area is 198 Å². The Morgan fingerprint density at radius 1 is 0.968 bits per heavy atom. The highest BCUT2D eigenvalue weighted by Crippen LogP contribution is 2.27. The van der Waals surface area contributed by atoms with Gasteiger partial charge in [-0.3, -0.25) is 4.79 Å². The SMILES string of the molecule is COc1ccc(CN=C(N)NCc2ccc(Cn3ccccc3=O)cc2)cc1OC.I. The summed E-state index contributed by atoms with van der Waals surface area (Å²) in [7, 11) is 3.20. The molecular formula is C23H27IN4O3. The number of nitrogens with two attached hydrogens (primary N) is 1. The molecule has 0 aliphatic heterocycles. The monoisotopic (exact) mass is 534 g/mol. The predicted molar refractivity (Wildman–Crippen MR) is 133 cm³/mol. The second-order valence-corrected chi connectivity index (χ2v) is 6.73. The maximum atomic E-state index is 11.8. The third-order valence-electron chi connectivity index (χ3n) is 4.63. The van der Waals surface area contributed by atoms with Gasteiger partial charge >= 0.3 is 0 Å². The minimum Gasteiger partial charge on any atom is -0.493 e. The van der Waals surface area contributed by atoms with Gasteiger partial charge in [0.25, 0.3) is 5.56 Å². The zero-order chi connectivity index (χ0) is 21.3. The molecular weight excluding hydrogens is 507 g/mol. The van der Waals surface area contributed by atoms with Gasteiger partial charge in [0.2, 0.25) is 0 Å². The van der Waals surface area contributed by atoms with Crippen LogP contribution >= 0.6 is 24.0 Å². The summed E-state index contributed by atoms with van der Waals surface area (Å²) in [5.41, 5.74) is 9.08. The number of aliphatic imine (C=N–C) groups is 1. The molecule has 0 radical (unpaired) electrons. The highest BCUT2D eigenvalue weighted by molar-refractivity contribution is 14.0. The molecule has 31 heavy (non-hydrogen) atoms. The lowest BCUT2D eigenvalue weighted by atomic mass is 10.1. The van der Waals surface area contributed by atoms with E-state index in [1.54, 1.807) is 37.1 Å². The Morgan fingerprint density at radius 2 is 1.65 bits per heavy atom. The molecule has 0 atom stereocenters. The van der Waals surface area contributed by atoms with Crippen molar-refractivity contribution in [3.05, 3.63) is 93.9 Å². The Morgan fingerprint density at radius 3 is 2.32 bits per heavy atom. The number of hydrogen-bond acceptors (Lipinski definition) is 4. The van der Waals surface area contributed by atoms with E-state index in [1.165, 1.54) is 0 Å². The van der Waals surface area contributed by atoms with Crippen LogP contribution in [-0.4, -0.2) is 24.7 Å². The van der Waals surface area contributed by atoms with Crippen molar-refractivity contribution in [3.63, 3.8) is 0 Å². The molecule has 0 saturated heterocycles. The molecule has 3 rings (SSSR count). The summed E-state index contributed by atoms with van der Waals surface area (Å²) in [5.74, 6) is 1.70. The molecule has 0 aliphatic carbocycles.